The van der Waals surface area contributed by atoms with E-state index in [1.807, 2.05) is 26.0 Å². The van der Waals surface area contributed by atoms with E-state index in [9.17, 15) is 19.5 Å². The van der Waals surface area contributed by atoms with Crippen LogP contribution in [0.15, 0.2) is 54.1 Å². The number of anilines is 1. The molecule has 3 atom stereocenters. The summed E-state index contributed by atoms with van der Waals surface area (Å²) in [7, 11) is 0. The van der Waals surface area contributed by atoms with Crippen LogP contribution in [-0.2, 0) is 19.8 Å². The maximum Gasteiger partial charge on any atom is 0.323 e. The molecular weight excluding hydrogens is 463 g/mol. The number of halogens is 2. The first kappa shape index (κ1) is 23.3. The van der Waals surface area contributed by atoms with Crippen molar-refractivity contribution in [2.75, 3.05) is 11.9 Å². The molecule has 1 saturated heterocycles. The quantitative estimate of drug-likeness (QED) is 0.581. The Morgan fingerprint density at radius 2 is 1.94 bits per heavy atom. The zero-order chi connectivity index (χ0) is 23.9. The fourth-order valence-corrected chi connectivity index (χ4v) is 5.83. The van der Waals surface area contributed by atoms with Gasteiger partial charge in [-0.25, -0.2) is 0 Å². The van der Waals surface area contributed by atoms with Crippen molar-refractivity contribution in [1.29, 1.82) is 0 Å². The minimum Gasteiger partial charge on any atom is -0.480 e. The average molecular weight is 487 g/mol. The Morgan fingerprint density at radius 3 is 2.58 bits per heavy atom. The van der Waals surface area contributed by atoms with Gasteiger partial charge < -0.3 is 15.3 Å². The third kappa shape index (κ3) is 3.71. The predicted molar refractivity (Wildman–Crippen MR) is 128 cm³/mol. The van der Waals surface area contributed by atoms with E-state index in [0.717, 1.165) is 11.1 Å². The molecule has 0 radical (unpaired) electrons. The van der Waals surface area contributed by atoms with Crippen LogP contribution >= 0.6 is 23.2 Å². The number of carbonyl (C=O) groups is 3. The predicted octanol–water partition coefficient (Wildman–Crippen LogP) is 5.01. The Bertz CT molecular complexity index is 1180. The van der Waals surface area contributed by atoms with Gasteiger partial charge in [-0.3, -0.25) is 14.4 Å². The smallest absolute Gasteiger partial charge is 0.323 e. The number of aliphatic carboxylic acids is 1. The van der Waals surface area contributed by atoms with E-state index < -0.39 is 29.9 Å². The third-order valence-corrected chi connectivity index (χ3v) is 7.20. The molecule has 4 rings (SSSR count). The number of rotatable bonds is 5. The van der Waals surface area contributed by atoms with Gasteiger partial charge in [0.05, 0.1) is 6.04 Å². The number of amides is 2. The highest BCUT2D eigenvalue weighted by molar-refractivity contribution is 6.31. The number of nitrogens with one attached hydrogen (secondary N) is 1. The summed E-state index contributed by atoms with van der Waals surface area (Å²) in [4.78, 5) is 40.5. The number of piperidine rings is 1. The number of likely N-dealkylation sites (tertiary alicyclic amines) is 1. The summed E-state index contributed by atoms with van der Waals surface area (Å²) >= 11 is 12.5. The lowest BCUT2D eigenvalue weighted by molar-refractivity contribution is -0.152. The molecule has 33 heavy (non-hydrogen) atoms. The zero-order valence-electron chi connectivity index (χ0n) is 18.3. The molecular formula is C25H24Cl2N2O4. The lowest BCUT2D eigenvalue weighted by Crippen LogP contribution is -2.64. The fraction of sp³-hybridized carbons (Fsp3) is 0.320. The second kappa shape index (κ2) is 8.84. The van der Waals surface area contributed by atoms with Crippen LogP contribution < -0.4 is 5.32 Å². The lowest BCUT2D eigenvalue weighted by atomic mass is 9.58. The van der Waals surface area contributed by atoms with Crippen LogP contribution in [0.5, 0.6) is 0 Å². The van der Waals surface area contributed by atoms with Crippen LogP contribution in [0.2, 0.25) is 10.0 Å². The molecule has 172 valence electrons. The molecule has 2 heterocycles. The number of carbonyl (C=O) groups excluding carboxylic acids is 2. The molecule has 1 fully saturated rings. The number of nitrogens with zero attached hydrogens (tertiary/aromatic N) is 1. The Morgan fingerprint density at radius 1 is 1.21 bits per heavy atom. The Labute approximate surface area is 202 Å². The average Bonchev–Trinajstić information content (AvgIpc) is 3.04. The largest absolute Gasteiger partial charge is 0.480 e. The van der Waals surface area contributed by atoms with E-state index in [2.05, 4.69) is 5.32 Å². The van der Waals surface area contributed by atoms with Crippen LogP contribution in [0.3, 0.4) is 0 Å². The second-order valence-electron chi connectivity index (χ2n) is 8.36. The van der Waals surface area contributed by atoms with E-state index in [0.29, 0.717) is 27.7 Å². The Balaban J connectivity index is 2.07. The van der Waals surface area contributed by atoms with Gasteiger partial charge >= 0.3 is 5.97 Å². The molecule has 2 aliphatic heterocycles. The normalized spacial score (nSPS) is 24.7. The van der Waals surface area contributed by atoms with Crippen molar-refractivity contribution in [3.63, 3.8) is 0 Å². The summed E-state index contributed by atoms with van der Waals surface area (Å²) in [5, 5.41) is 13.6. The van der Waals surface area contributed by atoms with Gasteiger partial charge in [-0.15, -0.1) is 0 Å². The van der Waals surface area contributed by atoms with Gasteiger partial charge in [0.2, 0.25) is 11.8 Å². The number of benzene rings is 2. The molecule has 2 aliphatic rings. The van der Waals surface area contributed by atoms with Gasteiger partial charge in [0.1, 0.15) is 12.0 Å². The van der Waals surface area contributed by atoms with E-state index >= 15 is 0 Å². The first-order chi connectivity index (χ1) is 15.7. The molecule has 3 unspecified atom stereocenters. The second-order valence-corrected chi connectivity index (χ2v) is 9.23. The van der Waals surface area contributed by atoms with Gasteiger partial charge in [0, 0.05) is 28.1 Å². The van der Waals surface area contributed by atoms with E-state index in [4.69, 9.17) is 23.2 Å². The van der Waals surface area contributed by atoms with Gasteiger partial charge in [-0.1, -0.05) is 60.0 Å². The number of allylic oxidation sites excluding steroid dienone is 1. The highest BCUT2D eigenvalue weighted by Gasteiger charge is 2.63. The molecule has 0 aliphatic carbocycles. The first-order valence-electron chi connectivity index (χ1n) is 10.8. The highest BCUT2D eigenvalue weighted by Crippen LogP contribution is 2.56. The fourth-order valence-electron chi connectivity index (χ4n) is 5.46. The maximum absolute atomic E-state index is 14.0. The van der Waals surface area contributed by atoms with Crippen LogP contribution in [0.25, 0.3) is 0 Å². The van der Waals surface area contributed by atoms with Crippen LogP contribution in [0.1, 0.15) is 43.7 Å². The minimum atomic E-state index is -1.24. The van der Waals surface area contributed by atoms with Gasteiger partial charge in [-0.05, 0) is 48.7 Å². The van der Waals surface area contributed by atoms with E-state index in [-0.39, 0.29) is 18.2 Å². The lowest BCUT2D eigenvalue weighted by Gasteiger charge is -2.51. The summed E-state index contributed by atoms with van der Waals surface area (Å²) < 4.78 is 0. The molecule has 1 spiro atoms. The van der Waals surface area contributed by atoms with Crippen LogP contribution in [0.4, 0.5) is 5.69 Å². The summed E-state index contributed by atoms with van der Waals surface area (Å²) in [5.41, 5.74) is 1.59. The van der Waals surface area contributed by atoms with Crippen LogP contribution in [0, 0.1) is 0 Å². The van der Waals surface area contributed by atoms with Crippen molar-refractivity contribution in [2.45, 2.75) is 44.1 Å². The number of carboxylic acid groups (broad SMARTS) is 1. The summed E-state index contributed by atoms with van der Waals surface area (Å²) in [5.74, 6) is -2.29. The van der Waals surface area contributed by atoms with Crippen molar-refractivity contribution in [2.24, 2.45) is 0 Å². The van der Waals surface area contributed by atoms with E-state index in [1.54, 1.807) is 36.4 Å². The van der Waals surface area contributed by atoms with E-state index in [1.165, 1.54) is 4.90 Å². The molecule has 0 bridgehead atoms. The molecule has 0 aromatic heterocycles. The summed E-state index contributed by atoms with van der Waals surface area (Å²) in [6.45, 7) is 3.28. The monoisotopic (exact) mass is 486 g/mol. The zero-order valence-corrected chi connectivity index (χ0v) is 19.8. The van der Waals surface area contributed by atoms with Gasteiger partial charge in [-0.2, -0.15) is 0 Å². The third-order valence-electron chi connectivity index (χ3n) is 6.73. The molecule has 6 nitrogen and oxygen atoms in total. The minimum absolute atomic E-state index is 0.0275. The number of hydrogen-bond acceptors (Lipinski definition) is 3. The van der Waals surface area contributed by atoms with Crippen molar-refractivity contribution in [3.8, 4) is 0 Å². The maximum atomic E-state index is 14.0. The number of fused-ring (bicyclic) bond motifs is 2. The molecule has 0 saturated carbocycles. The van der Waals surface area contributed by atoms with Gasteiger partial charge in [0.15, 0.2) is 0 Å². The van der Waals surface area contributed by atoms with Gasteiger partial charge in [0.25, 0.3) is 0 Å². The molecule has 2 aromatic carbocycles. The SMILES string of the molecule is CC=C(CC)C1N(CC(=O)O)C(=O)CC(c2cccc(Cl)c2)C12C(=O)Nc1cc(Cl)ccc12. The molecule has 2 amide bonds. The summed E-state index contributed by atoms with van der Waals surface area (Å²) in [6.07, 6.45) is 2.39. The Hall–Kier alpha value is -2.83. The first-order valence-corrected chi connectivity index (χ1v) is 11.5. The molecule has 2 N–H and O–H groups in total. The Kier molecular flexibility index (Phi) is 6.25. The van der Waals surface area contributed by atoms with Crippen molar-refractivity contribution in [1.82, 2.24) is 4.90 Å². The standard InChI is InChI=1S/C25H24Cl2N2O4/c1-3-14(4-2)23-25(18-9-8-17(27)11-20(18)28-24(25)33)19(15-6-5-7-16(26)10-15)12-21(30)29(23)13-22(31)32/h3,5-11,19,23H,4,12-13H2,1-2H3,(H,28,33)(H,31,32). The topological polar surface area (TPSA) is 86.7 Å². The molecule has 2 aromatic rings. The highest BCUT2D eigenvalue weighted by atomic mass is 35.5. The molecule has 8 heteroatoms. The number of hydrogen-bond donors (Lipinski definition) is 2. The van der Waals surface area contributed by atoms with Crippen LogP contribution in [-0.4, -0.2) is 40.4 Å². The van der Waals surface area contributed by atoms with Crippen molar-refractivity contribution < 1.29 is 19.5 Å². The number of carboxylic acids is 1. The van der Waals surface area contributed by atoms with Crippen molar-refractivity contribution >= 4 is 46.7 Å². The summed E-state index contributed by atoms with van der Waals surface area (Å²) in [6, 6.07) is 11.6. The van der Waals surface area contributed by atoms with Crippen molar-refractivity contribution in [3.05, 3.63) is 75.3 Å².